The molecule has 1 atom stereocenters. The smallest absolute Gasteiger partial charge is 0.0175 e. The predicted octanol–water partition coefficient (Wildman–Crippen LogP) is 4.12. The molecule has 0 amide bonds. The van der Waals surface area contributed by atoms with Gasteiger partial charge in [-0.1, -0.05) is 31.9 Å². The first kappa shape index (κ1) is 11.4. The average molecular weight is 231 g/mol. The van der Waals surface area contributed by atoms with E-state index in [1.54, 1.807) is 5.70 Å². The van der Waals surface area contributed by atoms with E-state index in [4.69, 9.17) is 0 Å². The van der Waals surface area contributed by atoms with Crippen LogP contribution >= 0.6 is 0 Å². The minimum Gasteiger partial charge on any atom is -0.375 e. The summed E-state index contributed by atoms with van der Waals surface area (Å²) in [5.41, 5.74) is 2.06. The minimum atomic E-state index is 0.448. The van der Waals surface area contributed by atoms with Crippen molar-refractivity contribution in [3.05, 3.63) is 23.9 Å². The fraction of sp³-hybridized carbons (Fsp3) is 0.750. The van der Waals surface area contributed by atoms with Crippen LogP contribution in [0.4, 0.5) is 0 Å². The third-order valence-corrected chi connectivity index (χ3v) is 5.13. The lowest BCUT2D eigenvalue weighted by Crippen LogP contribution is -2.30. The summed E-state index contributed by atoms with van der Waals surface area (Å²) >= 11 is 0. The van der Waals surface area contributed by atoms with Gasteiger partial charge in [0.25, 0.3) is 0 Å². The molecule has 2 aliphatic carbocycles. The van der Waals surface area contributed by atoms with Crippen LogP contribution in [0.1, 0.15) is 51.9 Å². The second-order valence-corrected chi connectivity index (χ2v) is 6.38. The lowest BCUT2D eigenvalue weighted by Gasteiger charge is -2.38. The van der Waals surface area contributed by atoms with Crippen molar-refractivity contribution < 1.29 is 0 Å². The summed E-state index contributed by atoms with van der Waals surface area (Å²) in [6.07, 6.45) is 17.1. The van der Waals surface area contributed by atoms with Gasteiger partial charge < -0.3 is 4.90 Å². The molecule has 1 unspecified atom stereocenters. The highest BCUT2D eigenvalue weighted by atomic mass is 15.1. The molecular weight excluding hydrogens is 206 g/mol. The number of rotatable bonds is 2. The highest BCUT2D eigenvalue weighted by molar-refractivity contribution is 5.24. The molecule has 1 heterocycles. The van der Waals surface area contributed by atoms with Gasteiger partial charge in [-0.25, -0.2) is 0 Å². The van der Waals surface area contributed by atoms with Gasteiger partial charge in [-0.15, -0.1) is 0 Å². The third kappa shape index (κ3) is 2.17. The zero-order valence-electron chi connectivity index (χ0n) is 11.1. The van der Waals surface area contributed by atoms with Crippen LogP contribution < -0.4 is 0 Å². The molecule has 1 aliphatic heterocycles. The fourth-order valence-corrected chi connectivity index (χ4v) is 3.97. The number of allylic oxidation sites excluding steroid dienone is 4. The lowest BCUT2D eigenvalue weighted by molar-refractivity contribution is 0.230. The molecule has 1 saturated heterocycles. The van der Waals surface area contributed by atoms with Crippen molar-refractivity contribution in [1.29, 1.82) is 0 Å². The SMILES string of the molecule is CC1(C2CCCC2)C=CC=C(N2CCCC2)C1. The van der Waals surface area contributed by atoms with E-state index in [2.05, 4.69) is 30.1 Å². The summed E-state index contributed by atoms with van der Waals surface area (Å²) in [4.78, 5) is 2.62. The minimum absolute atomic E-state index is 0.448. The highest BCUT2D eigenvalue weighted by Crippen LogP contribution is 2.46. The van der Waals surface area contributed by atoms with Crippen molar-refractivity contribution in [2.45, 2.75) is 51.9 Å². The van der Waals surface area contributed by atoms with Gasteiger partial charge >= 0.3 is 0 Å². The van der Waals surface area contributed by atoms with Gasteiger partial charge in [0.05, 0.1) is 0 Å². The molecule has 1 nitrogen and oxygen atoms in total. The summed E-state index contributed by atoms with van der Waals surface area (Å²) in [7, 11) is 0. The molecule has 0 radical (unpaired) electrons. The maximum absolute atomic E-state index is 2.62. The summed E-state index contributed by atoms with van der Waals surface area (Å²) in [6, 6.07) is 0. The highest BCUT2D eigenvalue weighted by Gasteiger charge is 2.36. The Hall–Kier alpha value is -0.720. The number of likely N-dealkylation sites (tertiary alicyclic amines) is 1. The molecule has 94 valence electrons. The summed E-state index contributed by atoms with van der Waals surface area (Å²) < 4.78 is 0. The number of nitrogens with zero attached hydrogens (tertiary/aromatic N) is 1. The van der Waals surface area contributed by atoms with E-state index in [1.807, 2.05) is 0 Å². The van der Waals surface area contributed by atoms with Crippen LogP contribution in [0.5, 0.6) is 0 Å². The van der Waals surface area contributed by atoms with Crippen LogP contribution in [0, 0.1) is 11.3 Å². The molecule has 3 aliphatic rings. The van der Waals surface area contributed by atoms with Crippen molar-refractivity contribution >= 4 is 0 Å². The monoisotopic (exact) mass is 231 g/mol. The van der Waals surface area contributed by atoms with Crippen LogP contribution in [-0.4, -0.2) is 18.0 Å². The second kappa shape index (κ2) is 4.51. The quantitative estimate of drug-likeness (QED) is 0.691. The molecular formula is C16H25N. The Balaban J connectivity index is 1.73. The van der Waals surface area contributed by atoms with Gasteiger partial charge in [-0.05, 0) is 49.5 Å². The summed E-state index contributed by atoms with van der Waals surface area (Å²) in [6.45, 7) is 5.07. The number of hydrogen-bond acceptors (Lipinski definition) is 1. The van der Waals surface area contributed by atoms with Crippen LogP contribution in [-0.2, 0) is 0 Å². The van der Waals surface area contributed by atoms with Crippen molar-refractivity contribution in [1.82, 2.24) is 4.90 Å². The zero-order valence-corrected chi connectivity index (χ0v) is 11.1. The van der Waals surface area contributed by atoms with Crippen molar-refractivity contribution in [2.24, 2.45) is 11.3 Å². The molecule has 0 N–H and O–H groups in total. The van der Waals surface area contributed by atoms with Gasteiger partial charge in [-0.2, -0.15) is 0 Å². The fourth-order valence-electron chi connectivity index (χ4n) is 3.97. The Bertz CT molecular complexity index is 329. The molecule has 1 saturated carbocycles. The molecule has 3 rings (SSSR count). The Morgan fingerprint density at radius 1 is 1.12 bits per heavy atom. The maximum Gasteiger partial charge on any atom is 0.0175 e. The first-order valence-corrected chi connectivity index (χ1v) is 7.41. The van der Waals surface area contributed by atoms with Crippen molar-refractivity contribution in [3.8, 4) is 0 Å². The molecule has 0 spiro atoms. The van der Waals surface area contributed by atoms with Crippen LogP contribution in [0.3, 0.4) is 0 Å². The normalized spacial score (nSPS) is 34.4. The van der Waals surface area contributed by atoms with E-state index in [1.165, 1.54) is 58.0 Å². The van der Waals surface area contributed by atoms with Crippen LogP contribution in [0.25, 0.3) is 0 Å². The van der Waals surface area contributed by atoms with E-state index >= 15 is 0 Å². The second-order valence-electron chi connectivity index (χ2n) is 6.38. The van der Waals surface area contributed by atoms with Gasteiger partial charge in [0, 0.05) is 18.8 Å². The van der Waals surface area contributed by atoms with E-state index in [9.17, 15) is 0 Å². The topological polar surface area (TPSA) is 3.24 Å². The number of hydrogen-bond donors (Lipinski definition) is 0. The first-order valence-electron chi connectivity index (χ1n) is 7.41. The Labute approximate surface area is 106 Å². The molecule has 2 fully saturated rings. The van der Waals surface area contributed by atoms with Crippen molar-refractivity contribution in [2.75, 3.05) is 13.1 Å². The van der Waals surface area contributed by atoms with E-state index in [0.717, 1.165) is 5.92 Å². The molecule has 0 aromatic rings. The van der Waals surface area contributed by atoms with Gasteiger partial charge in [0.1, 0.15) is 0 Å². The van der Waals surface area contributed by atoms with E-state index in [0.29, 0.717) is 5.41 Å². The molecule has 0 aromatic heterocycles. The average Bonchev–Trinajstić information content (AvgIpc) is 3.03. The molecule has 17 heavy (non-hydrogen) atoms. The maximum atomic E-state index is 2.62. The largest absolute Gasteiger partial charge is 0.375 e. The zero-order chi connectivity index (χ0) is 11.7. The van der Waals surface area contributed by atoms with Gasteiger partial charge in [0.15, 0.2) is 0 Å². The molecule has 1 heteroatoms. The first-order chi connectivity index (χ1) is 8.28. The molecule has 0 bridgehead atoms. The summed E-state index contributed by atoms with van der Waals surface area (Å²) in [5.74, 6) is 0.935. The molecule has 0 aromatic carbocycles. The van der Waals surface area contributed by atoms with Gasteiger partial charge in [-0.3, -0.25) is 0 Å². The Kier molecular flexibility index (Phi) is 3.02. The van der Waals surface area contributed by atoms with E-state index in [-0.39, 0.29) is 0 Å². The predicted molar refractivity (Wildman–Crippen MR) is 72.7 cm³/mol. The third-order valence-electron chi connectivity index (χ3n) is 5.13. The standard InChI is InChI=1S/C16H25N/c1-16(14-7-2-3-8-14)10-6-9-15(13-16)17-11-4-5-12-17/h6,9-10,14H,2-5,7-8,11-13H2,1H3. The summed E-state index contributed by atoms with van der Waals surface area (Å²) in [5, 5.41) is 0. The van der Waals surface area contributed by atoms with Crippen molar-refractivity contribution in [3.63, 3.8) is 0 Å². The lowest BCUT2D eigenvalue weighted by atomic mass is 9.71. The van der Waals surface area contributed by atoms with E-state index < -0.39 is 0 Å². The Morgan fingerprint density at radius 2 is 1.82 bits per heavy atom. The van der Waals surface area contributed by atoms with Crippen LogP contribution in [0.15, 0.2) is 23.9 Å². The Morgan fingerprint density at radius 3 is 2.53 bits per heavy atom. The van der Waals surface area contributed by atoms with Crippen LogP contribution in [0.2, 0.25) is 0 Å². The van der Waals surface area contributed by atoms with Gasteiger partial charge in [0.2, 0.25) is 0 Å².